The molecule has 2 aromatic rings. The number of carbonyl (C=O) groups excluding carboxylic acids is 1. The van der Waals surface area contributed by atoms with Crippen molar-refractivity contribution in [1.82, 2.24) is 15.2 Å². The summed E-state index contributed by atoms with van der Waals surface area (Å²) in [6.07, 6.45) is 6.07. The number of carbonyl (C=O) groups is 1. The summed E-state index contributed by atoms with van der Waals surface area (Å²) in [7, 11) is 0. The number of amides is 1. The molecule has 0 atom stereocenters. The van der Waals surface area contributed by atoms with Crippen molar-refractivity contribution in [3.8, 4) is 11.1 Å². The van der Waals surface area contributed by atoms with Crippen LogP contribution >= 0.6 is 0 Å². The predicted octanol–water partition coefficient (Wildman–Crippen LogP) is 1.71. The number of benzene rings is 1. The first-order valence-electron chi connectivity index (χ1n) is 6.37. The van der Waals surface area contributed by atoms with Crippen LogP contribution in [0.4, 0.5) is 0 Å². The van der Waals surface area contributed by atoms with E-state index in [9.17, 15) is 4.79 Å². The van der Waals surface area contributed by atoms with Crippen LogP contribution in [0, 0.1) is 0 Å². The van der Waals surface area contributed by atoms with Crippen molar-refractivity contribution < 1.29 is 4.79 Å². The highest BCUT2D eigenvalue weighted by Gasteiger charge is 2.02. The molecular formula is C14H18N4O. The number of unbranched alkanes of at least 4 members (excludes halogenated alkanes) is 1. The molecule has 0 bridgehead atoms. The molecule has 0 aliphatic carbocycles. The first kappa shape index (κ1) is 13.3. The molecule has 5 nitrogen and oxygen atoms in total. The van der Waals surface area contributed by atoms with E-state index in [0.717, 1.165) is 30.5 Å². The number of hydrogen-bond donors (Lipinski definition) is 2. The molecular weight excluding hydrogens is 240 g/mol. The van der Waals surface area contributed by atoms with E-state index in [1.807, 2.05) is 35.3 Å². The van der Waals surface area contributed by atoms with Crippen LogP contribution in [0.25, 0.3) is 11.1 Å². The van der Waals surface area contributed by atoms with Crippen molar-refractivity contribution in [2.24, 2.45) is 5.84 Å². The first-order chi connectivity index (χ1) is 9.29. The highest BCUT2D eigenvalue weighted by molar-refractivity contribution is 5.75. The predicted molar refractivity (Wildman–Crippen MR) is 73.8 cm³/mol. The fourth-order valence-electron chi connectivity index (χ4n) is 1.90. The van der Waals surface area contributed by atoms with Crippen LogP contribution in [-0.4, -0.2) is 15.7 Å². The van der Waals surface area contributed by atoms with Crippen molar-refractivity contribution in [3.05, 3.63) is 42.7 Å². The zero-order valence-electron chi connectivity index (χ0n) is 10.7. The molecule has 1 amide bonds. The van der Waals surface area contributed by atoms with Gasteiger partial charge >= 0.3 is 0 Å². The van der Waals surface area contributed by atoms with Gasteiger partial charge in [0.15, 0.2) is 0 Å². The zero-order chi connectivity index (χ0) is 13.5. The van der Waals surface area contributed by atoms with Crippen molar-refractivity contribution in [3.63, 3.8) is 0 Å². The summed E-state index contributed by atoms with van der Waals surface area (Å²) in [6, 6.07) is 10.1. The van der Waals surface area contributed by atoms with Gasteiger partial charge < -0.3 is 0 Å². The minimum Gasteiger partial charge on any atom is -0.294 e. The summed E-state index contributed by atoms with van der Waals surface area (Å²) in [5, 5.41) is 4.32. The standard InChI is InChI=1S/C14H18N4O/c15-17-14(19)8-4-5-9-18-11-13(10-16-18)12-6-2-1-3-7-12/h1-3,6-7,10-11H,4-5,8-9,15H2,(H,17,19). The normalized spacial score (nSPS) is 10.4. The minimum atomic E-state index is -0.120. The van der Waals surface area contributed by atoms with Crippen LogP contribution in [0.3, 0.4) is 0 Å². The summed E-state index contributed by atoms with van der Waals surface area (Å²) in [5.41, 5.74) is 4.40. The number of hydrogen-bond acceptors (Lipinski definition) is 3. The molecule has 0 saturated heterocycles. The van der Waals surface area contributed by atoms with Gasteiger partial charge in [-0.15, -0.1) is 0 Å². The van der Waals surface area contributed by atoms with Crippen LogP contribution in [0.2, 0.25) is 0 Å². The summed E-state index contributed by atoms with van der Waals surface area (Å²) in [6.45, 7) is 0.810. The lowest BCUT2D eigenvalue weighted by molar-refractivity contribution is -0.121. The highest BCUT2D eigenvalue weighted by atomic mass is 16.2. The van der Waals surface area contributed by atoms with E-state index >= 15 is 0 Å². The first-order valence-corrected chi connectivity index (χ1v) is 6.37. The lowest BCUT2D eigenvalue weighted by Crippen LogP contribution is -2.29. The monoisotopic (exact) mass is 258 g/mol. The third-order valence-electron chi connectivity index (χ3n) is 2.94. The number of nitrogens with one attached hydrogen (secondary N) is 1. The summed E-state index contributed by atoms with van der Waals surface area (Å²) in [5.74, 6) is 4.90. The largest absolute Gasteiger partial charge is 0.294 e. The van der Waals surface area contributed by atoms with Gasteiger partial charge in [0, 0.05) is 24.7 Å². The molecule has 1 aromatic heterocycles. The van der Waals surface area contributed by atoms with Gasteiger partial charge in [0.2, 0.25) is 5.91 Å². The van der Waals surface area contributed by atoms with Crippen LogP contribution in [-0.2, 0) is 11.3 Å². The highest BCUT2D eigenvalue weighted by Crippen LogP contribution is 2.17. The third-order valence-corrected chi connectivity index (χ3v) is 2.94. The third kappa shape index (κ3) is 3.93. The number of rotatable bonds is 6. The molecule has 100 valence electrons. The van der Waals surface area contributed by atoms with Gasteiger partial charge in [-0.2, -0.15) is 5.10 Å². The van der Waals surface area contributed by atoms with Gasteiger partial charge in [0.05, 0.1) is 6.20 Å². The summed E-state index contributed by atoms with van der Waals surface area (Å²) in [4.78, 5) is 11.0. The Labute approximate surface area is 112 Å². The number of nitrogens with zero attached hydrogens (tertiary/aromatic N) is 2. The molecule has 0 saturated carbocycles. The fraction of sp³-hybridized carbons (Fsp3) is 0.286. The maximum atomic E-state index is 11.0. The van der Waals surface area contributed by atoms with Gasteiger partial charge in [-0.25, -0.2) is 5.84 Å². The molecule has 0 aliphatic rings. The molecule has 1 aromatic carbocycles. The van der Waals surface area contributed by atoms with Crippen LogP contribution < -0.4 is 11.3 Å². The molecule has 0 radical (unpaired) electrons. The van der Waals surface area contributed by atoms with Gasteiger partial charge in [0.25, 0.3) is 0 Å². The minimum absolute atomic E-state index is 0.120. The van der Waals surface area contributed by atoms with E-state index in [-0.39, 0.29) is 5.91 Å². The van der Waals surface area contributed by atoms with E-state index in [0.29, 0.717) is 6.42 Å². The Morgan fingerprint density at radius 3 is 2.74 bits per heavy atom. The molecule has 5 heteroatoms. The van der Waals surface area contributed by atoms with Crippen LogP contribution in [0.5, 0.6) is 0 Å². The smallest absolute Gasteiger partial charge is 0.233 e. The summed E-state index contributed by atoms with van der Waals surface area (Å²) >= 11 is 0. The van der Waals surface area contributed by atoms with Crippen LogP contribution in [0.1, 0.15) is 19.3 Å². The molecule has 1 heterocycles. The van der Waals surface area contributed by atoms with Crippen molar-refractivity contribution >= 4 is 5.91 Å². The molecule has 19 heavy (non-hydrogen) atoms. The Kier molecular flexibility index (Phi) is 4.69. The van der Waals surface area contributed by atoms with Gasteiger partial charge in [-0.3, -0.25) is 14.9 Å². The Morgan fingerprint density at radius 1 is 1.21 bits per heavy atom. The molecule has 0 aliphatic heterocycles. The Morgan fingerprint density at radius 2 is 2.00 bits per heavy atom. The number of aromatic nitrogens is 2. The fourth-order valence-corrected chi connectivity index (χ4v) is 1.90. The van der Waals surface area contributed by atoms with Gasteiger partial charge in [-0.05, 0) is 18.4 Å². The van der Waals surface area contributed by atoms with E-state index < -0.39 is 0 Å². The number of nitrogens with two attached hydrogens (primary N) is 1. The molecule has 0 fully saturated rings. The van der Waals surface area contributed by atoms with Crippen molar-refractivity contribution in [2.45, 2.75) is 25.8 Å². The molecule has 0 unspecified atom stereocenters. The van der Waals surface area contributed by atoms with E-state index in [1.54, 1.807) is 0 Å². The number of hydrazine groups is 1. The van der Waals surface area contributed by atoms with Gasteiger partial charge in [-0.1, -0.05) is 30.3 Å². The lowest BCUT2D eigenvalue weighted by atomic mass is 10.1. The maximum absolute atomic E-state index is 11.0. The number of aryl methyl sites for hydroxylation is 1. The maximum Gasteiger partial charge on any atom is 0.233 e. The second kappa shape index (κ2) is 6.70. The van der Waals surface area contributed by atoms with E-state index in [2.05, 4.69) is 22.7 Å². The SMILES string of the molecule is NNC(=O)CCCCn1cc(-c2ccccc2)cn1. The van der Waals surface area contributed by atoms with Crippen molar-refractivity contribution in [2.75, 3.05) is 0 Å². The molecule has 0 spiro atoms. The average molecular weight is 258 g/mol. The second-order valence-corrected chi connectivity index (χ2v) is 4.38. The molecule has 3 N–H and O–H groups in total. The van der Waals surface area contributed by atoms with Gasteiger partial charge in [0.1, 0.15) is 0 Å². The Hall–Kier alpha value is -2.14. The Bertz CT molecular complexity index is 521. The summed E-state index contributed by atoms with van der Waals surface area (Å²) < 4.78 is 1.91. The second-order valence-electron chi connectivity index (χ2n) is 4.38. The average Bonchev–Trinajstić information content (AvgIpc) is 2.93. The van der Waals surface area contributed by atoms with E-state index in [1.165, 1.54) is 0 Å². The Balaban J connectivity index is 1.83. The van der Waals surface area contributed by atoms with Crippen LogP contribution in [0.15, 0.2) is 42.7 Å². The quantitative estimate of drug-likeness (QED) is 0.358. The topological polar surface area (TPSA) is 72.9 Å². The lowest BCUT2D eigenvalue weighted by Gasteiger charge is -2.01. The zero-order valence-corrected chi connectivity index (χ0v) is 10.7. The van der Waals surface area contributed by atoms with E-state index in [4.69, 9.17) is 5.84 Å². The molecule has 2 rings (SSSR count). The van der Waals surface area contributed by atoms with Crippen molar-refractivity contribution in [1.29, 1.82) is 0 Å².